The zero-order valence-corrected chi connectivity index (χ0v) is 12.0. The number of hydrogen-bond donors (Lipinski definition) is 2. The zero-order chi connectivity index (χ0) is 14.1. The fraction of sp³-hybridized carbons (Fsp3) is 0.571. The maximum absolute atomic E-state index is 11.4. The normalized spacial score (nSPS) is 10.3. The van der Waals surface area contributed by atoms with Crippen molar-refractivity contribution in [3.63, 3.8) is 0 Å². The van der Waals surface area contributed by atoms with Gasteiger partial charge in [-0.25, -0.2) is 0 Å². The second-order valence-corrected chi connectivity index (χ2v) is 4.42. The van der Waals surface area contributed by atoms with Crippen LogP contribution in [0, 0.1) is 6.92 Å². The first-order chi connectivity index (χ1) is 9.15. The van der Waals surface area contributed by atoms with Crippen LogP contribution in [0.1, 0.15) is 31.2 Å². The van der Waals surface area contributed by atoms with Gasteiger partial charge in [-0.05, 0) is 13.3 Å². The van der Waals surface area contributed by atoms with Gasteiger partial charge in [0.15, 0.2) is 0 Å². The summed E-state index contributed by atoms with van der Waals surface area (Å²) in [7, 11) is 1.64. The Morgan fingerprint density at radius 1 is 1.37 bits per heavy atom. The van der Waals surface area contributed by atoms with Crippen LogP contribution in [0.15, 0.2) is 12.1 Å². The number of amides is 1. The molecule has 0 fully saturated rings. The number of hydrogen-bond acceptors (Lipinski definition) is 4. The molecule has 1 rings (SSSR count). The first-order valence-electron chi connectivity index (χ1n) is 6.64. The number of pyridine rings is 1. The van der Waals surface area contributed by atoms with Gasteiger partial charge in [-0.15, -0.1) is 0 Å². The van der Waals surface area contributed by atoms with Crippen LogP contribution in [-0.4, -0.2) is 31.1 Å². The zero-order valence-electron chi connectivity index (χ0n) is 12.0. The maximum Gasteiger partial charge on any atom is 0.221 e. The fourth-order valence-electron chi connectivity index (χ4n) is 1.68. The molecule has 106 valence electrons. The van der Waals surface area contributed by atoms with Crippen molar-refractivity contribution in [2.45, 2.75) is 33.2 Å². The molecular weight excluding hydrogens is 242 g/mol. The van der Waals surface area contributed by atoms with Crippen molar-refractivity contribution < 1.29 is 9.53 Å². The number of methoxy groups -OCH3 is 1. The first-order valence-corrected chi connectivity index (χ1v) is 6.64. The molecule has 0 saturated carbocycles. The third kappa shape index (κ3) is 6.20. The summed E-state index contributed by atoms with van der Waals surface area (Å²) in [4.78, 5) is 15.8. The van der Waals surface area contributed by atoms with Gasteiger partial charge in [-0.2, -0.15) is 0 Å². The molecule has 2 N–H and O–H groups in total. The van der Waals surface area contributed by atoms with E-state index in [0.29, 0.717) is 19.5 Å². The van der Waals surface area contributed by atoms with Crippen molar-refractivity contribution in [2.75, 3.05) is 20.2 Å². The Hall–Kier alpha value is -1.62. The van der Waals surface area contributed by atoms with E-state index in [1.807, 2.05) is 26.0 Å². The van der Waals surface area contributed by atoms with Gasteiger partial charge in [-0.3, -0.25) is 9.78 Å². The summed E-state index contributed by atoms with van der Waals surface area (Å²) in [5.41, 5.74) is 1.85. The standard InChI is InChI=1S/C14H23N3O2/c1-4-6-16-14(18)5-7-15-10-12-9-13(19-3)8-11(2)17-12/h8-9,15H,4-7,10H2,1-3H3,(H,16,18). The fourth-order valence-corrected chi connectivity index (χ4v) is 1.68. The Morgan fingerprint density at radius 3 is 2.84 bits per heavy atom. The summed E-state index contributed by atoms with van der Waals surface area (Å²) in [6, 6.07) is 3.79. The number of aromatic nitrogens is 1. The van der Waals surface area contributed by atoms with Crippen LogP contribution in [0.2, 0.25) is 0 Å². The third-order valence-electron chi connectivity index (χ3n) is 2.62. The van der Waals surface area contributed by atoms with Crippen molar-refractivity contribution in [2.24, 2.45) is 0 Å². The molecular formula is C14H23N3O2. The van der Waals surface area contributed by atoms with E-state index in [1.54, 1.807) is 7.11 Å². The molecule has 0 radical (unpaired) electrons. The van der Waals surface area contributed by atoms with Crippen LogP contribution in [0.3, 0.4) is 0 Å². The van der Waals surface area contributed by atoms with Crippen LogP contribution >= 0.6 is 0 Å². The third-order valence-corrected chi connectivity index (χ3v) is 2.62. The van der Waals surface area contributed by atoms with Crippen LogP contribution in [0.4, 0.5) is 0 Å². The number of carbonyl (C=O) groups is 1. The van der Waals surface area contributed by atoms with Gasteiger partial charge in [0, 0.05) is 43.9 Å². The van der Waals surface area contributed by atoms with Gasteiger partial charge in [0.25, 0.3) is 0 Å². The quantitative estimate of drug-likeness (QED) is 0.698. The number of rotatable bonds is 8. The Morgan fingerprint density at radius 2 is 2.16 bits per heavy atom. The molecule has 5 nitrogen and oxygen atoms in total. The second-order valence-electron chi connectivity index (χ2n) is 4.42. The summed E-state index contributed by atoms with van der Waals surface area (Å²) in [6.07, 6.45) is 1.45. The van der Waals surface area contributed by atoms with Gasteiger partial charge in [0.1, 0.15) is 5.75 Å². The van der Waals surface area contributed by atoms with Crippen molar-refractivity contribution >= 4 is 5.91 Å². The first kappa shape index (κ1) is 15.4. The van der Waals surface area contributed by atoms with E-state index in [9.17, 15) is 4.79 Å². The molecule has 19 heavy (non-hydrogen) atoms. The predicted octanol–water partition coefficient (Wildman–Crippen LogP) is 1.40. The highest BCUT2D eigenvalue weighted by Crippen LogP contribution is 2.12. The summed E-state index contributed by atoms with van der Waals surface area (Å²) in [6.45, 7) is 6.00. The van der Waals surface area contributed by atoms with Crippen LogP contribution in [0.25, 0.3) is 0 Å². The van der Waals surface area contributed by atoms with Crippen LogP contribution in [-0.2, 0) is 11.3 Å². The summed E-state index contributed by atoms with van der Waals surface area (Å²) >= 11 is 0. The predicted molar refractivity (Wildman–Crippen MR) is 75.2 cm³/mol. The Kier molecular flexibility index (Phi) is 6.89. The molecule has 0 spiro atoms. The summed E-state index contributed by atoms with van der Waals surface area (Å²) in [5.74, 6) is 0.897. The van der Waals surface area contributed by atoms with E-state index in [4.69, 9.17) is 4.74 Å². The topological polar surface area (TPSA) is 63.2 Å². The number of aryl methyl sites for hydroxylation is 1. The Balaban J connectivity index is 2.29. The highest BCUT2D eigenvalue weighted by molar-refractivity contribution is 5.75. The molecule has 0 bridgehead atoms. The minimum Gasteiger partial charge on any atom is -0.497 e. The summed E-state index contributed by atoms with van der Waals surface area (Å²) < 4.78 is 5.19. The SMILES string of the molecule is CCCNC(=O)CCNCc1cc(OC)cc(C)n1. The number of nitrogens with zero attached hydrogens (tertiary/aromatic N) is 1. The van der Waals surface area contributed by atoms with Gasteiger partial charge >= 0.3 is 0 Å². The molecule has 1 amide bonds. The van der Waals surface area contributed by atoms with Crippen molar-refractivity contribution in [1.82, 2.24) is 15.6 Å². The second kappa shape index (κ2) is 8.48. The lowest BCUT2D eigenvalue weighted by molar-refractivity contribution is -0.120. The van der Waals surface area contributed by atoms with Gasteiger partial charge in [0.05, 0.1) is 12.8 Å². The minimum absolute atomic E-state index is 0.0872. The summed E-state index contributed by atoms with van der Waals surface area (Å²) in [5, 5.41) is 6.05. The van der Waals surface area contributed by atoms with Crippen LogP contribution < -0.4 is 15.4 Å². The molecule has 1 aromatic heterocycles. The molecule has 0 aliphatic heterocycles. The van der Waals surface area contributed by atoms with Gasteiger partial charge in [-0.1, -0.05) is 6.92 Å². The van der Waals surface area contributed by atoms with Crippen molar-refractivity contribution in [3.8, 4) is 5.75 Å². The number of nitrogens with one attached hydrogen (secondary N) is 2. The number of ether oxygens (including phenoxy) is 1. The molecule has 0 saturated heterocycles. The molecule has 0 aromatic carbocycles. The smallest absolute Gasteiger partial charge is 0.221 e. The largest absolute Gasteiger partial charge is 0.497 e. The van der Waals surface area contributed by atoms with E-state index < -0.39 is 0 Å². The molecule has 0 aliphatic rings. The van der Waals surface area contributed by atoms with Gasteiger partial charge in [0.2, 0.25) is 5.91 Å². The monoisotopic (exact) mass is 265 g/mol. The highest BCUT2D eigenvalue weighted by atomic mass is 16.5. The minimum atomic E-state index is 0.0872. The highest BCUT2D eigenvalue weighted by Gasteiger charge is 2.02. The molecule has 0 unspecified atom stereocenters. The van der Waals surface area contributed by atoms with E-state index in [0.717, 1.165) is 30.1 Å². The van der Waals surface area contributed by atoms with E-state index in [-0.39, 0.29) is 5.91 Å². The van der Waals surface area contributed by atoms with Crippen LogP contribution in [0.5, 0.6) is 5.75 Å². The molecule has 5 heteroatoms. The van der Waals surface area contributed by atoms with Gasteiger partial charge < -0.3 is 15.4 Å². The van der Waals surface area contributed by atoms with E-state index in [1.165, 1.54) is 0 Å². The van der Waals surface area contributed by atoms with Crippen molar-refractivity contribution in [1.29, 1.82) is 0 Å². The molecule has 0 aliphatic carbocycles. The average Bonchev–Trinajstić information content (AvgIpc) is 2.40. The molecule has 1 heterocycles. The maximum atomic E-state index is 11.4. The lowest BCUT2D eigenvalue weighted by Gasteiger charge is -2.08. The number of carbonyl (C=O) groups excluding carboxylic acids is 1. The lowest BCUT2D eigenvalue weighted by atomic mass is 10.3. The van der Waals surface area contributed by atoms with E-state index in [2.05, 4.69) is 15.6 Å². The lowest BCUT2D eigenvalue weighted by Crippen LogP contribution is -2.28. The van der Waals surface area contributed by atoms with Crippen molar-refractivity contribution in [3.05, 3.63) is 23.5 Å². The molecule has 0 atom stereocenters. The average molecular weight is 265 g/mol. The molecule has 1 aromatic rings. The Labute approximate surface area is 114 Å². The Bertz CT molecular complexity index is 408. The van der Waals surface area contributed by atoms with E-state index >= 15 is 0 Å².